The molecule has 0 aliphatic heterocycles. The molecule has 0 radical (unpaired) electrons. The first-order valence-electron chi connectivity index (χ1n) is 10.8. The van der Waals surface area contributed by atoms with Gasteiger partial charge in [0.05, 0.1) is 5.69 Å². The van der Waals surface area contributed by atoms with E-state index in [0.717, 1.165) is 32.6 Å². The number of rotatable bonds is 6. The lowest BCUT2D eigenvalue weighted by Crippen LogP contribution is -2.33. The van der Waals surface area contributed by atoms with Crippen LogP contribution in [0.1, 0.15) is 22.0 Å². The van der Waals surface area contributed by atoms with Gasteiger partial charge in [-0.3, -0.25) is 4.79 Å². The molecule has 1 amide bonds. The van der Waals surface area contributed by atoms with Crippen LogP contribution in [0.4, 0.5) is 0 Å². The third kappa shape index (κ3) is 4.94. The van der Waals surface area contributed by atoms with Crippen LogP contribution in [0.3, 0.4) is 0 Å². The number of carbonyl (C=O) groups is 2. The van der Waals surface area contributed by atoms with Gasteiger partial charge in [-0.25, -0.2) is 9.78 Å². The lowest BCUT2D eigenvalue weighted by molar-refractivity contribution is -0.139. The minimum Gasteiger partial charge on any atom is -0.479 e. The summed E-state index contributed by atoms with van der Waals surface area (Å²) in [7, 11) is 0. The van der Waals surface area contributed by atoms with Gasteiger partial charge in [-0.2, -0.15) is 0 Å². The Kier molecular flexibility index (Phi) is 6.31. The molecular weight excluding hydrogens is 480 g/mol. The molecule has 35 heavy (non-hydrogen) atoms. The first-order chi connectivity index (χ1) is 17.0. The van der Waals surface area contributed by atoms with Gasteiger partial charge in [0.1, 0.15) is 5.01 Å². The summed E-state index contributed by atoms with van der Waals surface area (Å²) >= 11 is 7.47. The van der Waals surface area contributed by atoms with E-state index in [-0.39, 0.29) is 0 Å². The van der Waals surface area contributed by atoms with Gasteiger partial charge in [-0.1, -0.05) is 72.3 Å². The van der Waals surface area contributed by atoms with Crippen molar-refractivity contribution in [1.82, 2.24) is 10.3 Å². The standard InChI is InChI=1S/C28H19ClN2O3S/c29-23-12-10-19(11-13-23)25(28(33)34)31-26(32)20-8-6-17-7-9-21(15-22(17)14-20)27-30-24(16-35-27)18-4-2-1-3-5-18/h1-16,25H,(H,31,32)(H,33,34). The number of amides is 1. The summed E-state index contributed by atoms with van der Waals surface area (Å²) in [5.74, 6) is -1.62. The SMILES string of the molecule is O=C(NC(C(=O)O)c1ccc(Cl)cc1)c1ccc2ccc(-c3nc(-c4ccccc4)cs3)cc2c1. The van der Waals surface area contributed by atoms with Crippen molar-refractivity contribution in [3.8, 4) is 21.8 Å². The normalized spacial score (nSPS) is 11.8. The molecule has 1 unspecified atom stereocenters. The Hall–Kier alpha value is -4.00. The zero-order valence-electron chi connectivity index (χ0n) is 18.3. The molecule has 0 aliphatic rings. The third-order valence-electron chi connectivity index (χ3n) is 5.65. The molecule has 1 atom stereocenters. The second-order valence-corrected chi connectivity index (χ2v) is 9.27. The van der Waals surface area contributed by atoms with Crippen molar-refractivity contribution >= 4 is 45.6 Å². The molecule has 5 rings (SSSR count). The highest BCUT2D eigenvalue weighted by atomic mass is 35.5. The number of benzene rings is 4. The van der Waals surface area contributed by atoms with Crippen LogP contribution in [-0.2, 0) is 4.79 Å². The van der Waals surface area contributed by atoms with E-state index >= 15 is 0 Å². The Balaban J connectivity index is 1.42. The van der Waals surface area contributed by atoms with E-state index in [1.54, 1.807) is 47.7 Å². The molecule has 5 aromatic rings. The number of aliphatic carboxylic acids is 1. The van der Waals surface area contributed by atoms with Crippen LogP contribution in [0, 0.1) is 0 Å². The van der Waals surface area contributed by atoms with Crippen molar-refractivity contribution in [2.75, 3.05) is 0 Å². The van der Waals surface area contributed by atoms with E-state index in [2.05, 4.69) is 5.32 Å². The first kappa shape index (κ1) is 22.8. The number of halogens is 1. The lowest BCUT2D eigenvalue weighted by atomic mass is 10.0. The van der Waals surface area contributed by atoms with Crippen molar-refractivity contribution in [3.63, 3.8) is 0 Å². The van der Waals surface area contributed by atoms with Gasteiger partial charge in [-0.05, 0) is 46.7 Å². The number of aromatic nitrogens is 1. The van der Waals surface area contributed by atoms with Crippen molar-refractivity contribution in [2.45, 2.75) is 6.04 Å². The summed E-state index contributed by atoms with van der Waals surface area (Å²) in [6, 6.07) is 26.5. The summed E-state index contributed by atoms with van der Waals surface area (Å²) in [5.41, 5.74) is 3.74. The Morgan fingerprint density at radius 2 is 1.60 bits per heavy atom. The molecule has 0 fully saturated rings. The predicted octanol–water partition coefficient (Wildman–Crippen LogP) is 6.84. The van der Waals surface area contributed by atoms with Gasteiger partial charge in [-0.15, -0.1) is 11.3 Å². The Morgan fingerprint density at radius 3 is 2.34 bits per heavy atom. The highest BCUT2D eigenvalue weighted by Gasteiger charge is 2.23. The molecule has 0 saturated heterocycles. The molecule has 4 aromatic carbocycles. The van der Waals surface area contributed by atoms with Crippen molar-refractivity contribution < 1.29 is 14.7 Å². The molecule has 0 spiro atoms. The number of thiazole rings is 1. The third-order valence-corrected chi connectivity index (χ3v) is 6.79. The predicted molar refractivity (Wildman–Crippen MR) is 140 cm³/mol. The zero-order chi connectivity index (χ0) is 24.4. The number of carboxylic acid groups (broad SMARTS) is 1. The number of nitrogens with one attached hydrogen (secondary N) is 1. The number of carboxylic acids is 1. The second kappa shape index (κ2) is 9.70. The lowest BCUT2D eigenvalue weighted by Gasteiger charge is -2.15. The minimum absolute atomic E-state index is 0.374. The number of hydrogen-bond acceptors (Lipinski definition) is 4. The summed E-state index contributed by atoms with van der Waals surface area (Å²) in [4.78, 5) is 29.5. The van der Waals surface area contributed by atoms with Crippen LogP contribution < -0.4 is 5.32 Å². The Labute approximate surface area is 210 Å². The molecule has 0 saturated carbocycles. The Bertz CT molecular complexity index is 1530. The average molecular weight is 499 g/mol. The average Bonchev–Trinajstić information content (AvgIpc) is 3.38. The number of carbonyl (C=O) groups excluding carboxylic acids is 1. The Morgan fingerprint density at radius 1 is 0.857 bits per heavy atom. The molecular formula is C28H19ClN2O3S. The maximum Gasteiger partial charge on any atom is 0.330 e. The molecule has 2 N–H and O–H groups in total. The number of nitrogens with zero attached hydrogens (tertiary/aromatic N) is 1. The van der Waals surface area contributed by atoms with E-state index in [1.165, 1.54) is 0 Å². The first-order valence-corrected chi connectivity index (χ1v) is 12.1. The molecule has 7 heteroatoms. The van der Waals surface area contributed by atoms with Crippen LogP contribution in [0.2, 0.25) is 5.02 Å². The van der Waals surface area contributed by atoms with Crippen LogP contribution in [0.5, 0.6) is 0 Å². The summed E-state index contributed by atoms with van der Waals surface area (Å²) in [6.45, 7) is 0. The van der Waals surface area contributed by atoms with E-state index in [1.807, 2.05) is 60.0 Å². The summed E-state index contributed by atoms with van der Waals surface area (Å²) in [6.07, 6.45) is 0. The van der Waals surface area contributed by atoms with Gasteiger partial charge in [0, 0.05) is 27.1 Å². The highest BCUT2D eigenvalue weighted by molar-refractivity contribution is 7.13. The van der Waals surface area contributed by atoms with Gasteiger partial charge < -0.3 is 10.4 Å². The number of hydrogen-bond donors (Lipinski definition) is 2. The van der Waals surface area contributed by atoms with E-state index in [4.69, 9.17) is 16.6 Å². The van der Waals surface area contributed by atoms with E-state index in [0.29, 0.717) is 16.1 Å². The summed E-state index contributed by atoms with van der Waals surface area (Å²) < 4.78 is 0. The molecule has 1 heterocycles. The van der Waals surface area contributed by atoms with Crippen molar-refractivity contribution in [2.24, 2.45) is 0 Å². The fraction of sp³-hybridized carbons (Fsp3) is 0.0357. The van der Waals surface area contributed by atoms with Crippen LogP contribution in [-0.4, -0.2) is 22.0 Å². The topological polar surface area (TPSA) is 79.3 Å². The monoisotopic (exact) mass is 498 g/mol. The van der Waals surface area contributed by atoms with Gasteiger partial charge in [0.25, 0.3) is 5.91 Å². The molecule has 0 aliphatic carbocycles. The van der Waals surface area contributed by atoms with Gasteiger partial charge in [0.2, 0.25) is 0 Å². The smallest absolute Gasteiger partial charge is 0.330 e. The second-order valence-electron chi connectivity index (χ2n) is 7.98. The van der Waals surface area contributed by atoms with Crippen LogP contribution in [0.25, 0.3) is 32.6 Å². The minimum atomic E-state index is -1.19. The quantitative estimate of drug-likeness (QED) is 0.268. The van der Waals surface area contributed by atoms with Crippen molar-refractivity contribution in [3.05, 3.63) is 113 Å². The van der Waals surface area contributed by atoms with Crippen LogP contribution >= 0.6 is 22.9 Å². The fourth-order valence-electron chi connectivity index (χ4n) is 3.83. The fourth-order valence-corrected chi connectivity index (χ4v) is 4.78. The van der Waals surface area contributed by atoms with Gasteiger partial charge in [0.15, 0.2) is 6.04 Å². The van der Waals surface area contributed by atoms with Crippen LogP contribution in [0.15, 0.2) is 96.4 Å². The largest absolute Gasteiger partial charge is 0.479 e. The highest BCUT2D eigenvalue weighted by Crippen LogP contribution is 2.31. The molecule has 0 bridgehead atoms. The number of fused-ring (bicyclic) bond motifs is 1. The molecule has 172 valence electrons. The van der Waals surface area contributed by atoms with Crippen molar-refractivity contribution in [1.29, 1.82) is 0 Å². The summed E-state index contributed by atoms with van der Waals surface area (Å²) in [5, 5.41) is 17.5. The zero-order valence-corrected chi connectivity index (χ0v) is 19.9. The maximum absolute atomic E-state index is 12.9. The van der Waals surface area contributed by atoms with E-state index in [9.17, 15) is 14.7 Å². The molecule has 5 nitrogen and oxygen atoms in total. The molecule has 1 aromatic heterocycles. The van der Waals surface area contributed by atoms with E-state index < -0.39 is 17.9 Å². The van der Waals surface area contributed by atoms with Gasteiger partial charge >= 0.3 is 5.97 Å². The maximum atomic E-state index is 12.9.